The lowest BCUT2D eigenvalue weighted by Crippen LogP contribution is -2.35. The van der Waals surface area contributed by atoms with Gasteiger partial charge in [-0.05, 0) is 35.8 Å². The van der Waals surface area contributed by atoms with Crippen LogP contribution in [0.3, 0.4) is 0 Å². The summed E-state index contributed by atoms with van der Waals surface area (Å²) in [6.45, 7) is 1.78. The fourth-order valence-corrected chi connectivity index (χ4v) is 4.14. The van der Waals surface area contributed by atoms with Crippen LogP contribution in [0.25, 0.3) is 0 Å². The smallest absolute Gasteiger partial charge is 0.222 e. The Hall–Kier alpha value is -0.830. The summed E-state index contributed by atoms with van der Waals surface area (Å²) in [6, 6.07) is 2.18. The lowest BCUT2D eigenvalue weighted by Gasteiger charge is -2.27. The Balaban J connectivity index is 1.51. The van der Waals surface area contributed by atoms with Gasteiger partial charge in [-0.15, -0.1) is 11.3 Å². The van der Waals surface area contributed by atoms with Crippen LogP contribution in [-0.4, -0.2) is 17.4 Å². The van der Waals surface area contributed by atoms with Crippen molar-refractivity contribution >= 4 is 17.2 Å². The Morgan fingerprint density at radius 1 is 1.39 bits per heavy atom. The first-order valence-electron chi connectivity index (χ1n) is 7.16. The molecule has 0 spiro atoms. The topological polar surface area (TPSA) is 20.3 Å². The summed E-state index contributed by atoms with van der Waals surface area (Å²) in [5, 5.41) is 2.15. The highest BCUT2D eigenvalue weighted by molar-refractivity contribution is 7.10. The first-order valence-corrected chi connectivity index (χ1v) is 8.04. The van der Waals surface area contributed by atoms with Crippen molar-refractivity contribution in [2.45, 2.75) is 51.5 Å². The number of amides is 1. The zero-order valence-electron chi connectivity index (χ0n) is 10.9. The largest absolute Gasteiger partial charge is 0.338 e. The zero-order valence-corrected chi connectivity index (χ0v) is 11.7. The molecule has 1 fully saturated rings. The van der Waals surface area contributed by atoms with Crippen molar-refractivity contribution in [2.24, 2.45) is 5.92 Å². The third kappa shape index (κ3) is 2.61. The van der Waals surface area contributed by atoms with Gasteiger partial charge in [0.05, 0.1) is 0 Å². The van der Waals surface area contributed by atoms with Crippen molar-refractivity contribution in [3.63, 3.8) is 0 Å². The van der Waals surface area contributed by atoms with E-state index in [4.69, 9.17) is 0 Å². The molecular formula is C15H21NOS. The molecule has 0 radical (unpaired) electrons. The summed E-state index contributed by atoms with van der Waals surface area (Å²) in [6.07, 6.45) is 8.39. The van der Waals surface area contributed by atoms with Gasteiger partial charge in [0.1, 0.15) is 0 Å². The van der Waals surface area contributed by atoms with Crippen LogP contribution in [0.5, 0.6) is 0 Å². The minimum Gasteiger partial charge on any atom is -0.338 e. The van der Waals surface area contributed by atoms with Gasteiger partial charge in [-0.2, -0.15) is 0 Å². The Kier molecular flexibility index (Phi) is 3.69. The molecule has 1 aliphatic heterocycles. The summed E-state index contributed by atoms with van der Waals surface area (Å²) >= 11 is 1.83. The number of nitrogens with zero attached hydrogens (tertiary/aromatic N) is 1. The third-order valence-corrected chi connectivity index (χ3v) is 5.42. The first kappa shape index (κ1) is 12.2. The van der Waals surface area contributed by atoms with Gasteiger partial charge in [0.25, 0.3) is 0 Å². The minimum absolute atomic E-state index is 0.374. The van der Waals surface area contributed by atoms with Gasteiger partial charge < -0.3 is 4.90 Å². The number of thiophene rings is 1. The van der Waals surface area contributed by atoms with Gasteiger partial charge >= 0.3 is 0 Å². The van der Waals surface area contributed by atoms with E-state index in [0.29, 0.717) is 5.91 Å². The quantitative estimate of drug-likeness (QED) is 0.816. The molecular weight excluding hydrogens is 242 g/mol. The SMILES string of the molecule is O=C(CCC1CCCC1)N1CCc2sccc2C1. The molecule has 1 amide bonds. The molecule has 2 aliphatic rings. The lowest BCUT2D eigenvalue weighted by molar-refractivity contribution is -0.132. The van der Waals surface area contributed by atoms with Crippen LogP contribution in [0, 0.1) is 5.92 Å². The number of rotatable bonds is 3. The molecule has 0 N–H and O–H groups in total. The monoisotopic (exact) mass is 263 g/mol. The van der Waals surface area contributed by atoms with E-state index in [0.717, 1.165) is 38.3 Å². The third-order valence-electron chi connectivity index (χ3n) is 4.40. The number of fused-ring (bicyclic) bond motifs is 1. The van der Waals surface area contributed by atoms with Crippen molar-refractivity contribution in [2.75, 3.05) is 6.54 Å². The van der Waals surface area contributed by atoms with E-state index < -0.39 is 0 Å². The zero-order chi connectivity index (χ0) is 12.4. The second-order valence-electron chi connectivity index (χ2n) is 5.62. The van der Waals surface area contributed by atoms with E-state index in [1.165, 1.54) is 36.1 Å². The summed E-state index contributed by atoms with van der Waals surface area (Å²) in [4.78, 5) is 15.8. The fraction of sp³-hybridized carbons (Fsp3) is 0.667. The molecule has 1 aromatic heterocycles. The van der Waals surface area contributed by atoms with E-state index >= 15 is 0 Å². The Bertz CT molecular complexity index is 420. The van der Waals surface area contributed by atoms with E-state index in [-0.39, 0.29) is 0 Å². The molecule has 1 saturated carbocycles. The predicted octanol–water partition coefficient (Wildman–Crippen LogP) is 3.60. The molecule has 2 heterocycles. The van der Waals surface area contributed by atoms with E-state index in [2.05, 4.69) is 16.3 Å². The fourth-order valence-electron chi connectivity index (χ4n) is 3.25. The van der Waals surface area contributed by atoms with Crippen LogP contribution in [0.15, 0.2) is 11.4 Å². The van der Waals surface area contributed by atoms with Gasteiger partial charge in [0.2, 0.25) is 5.91 Å². The van der Waals surface area contributed by atoms with Crippen LogP contribution < -0.4 is 0 Å². The van der Waals surface area contributed by atoms with Crippen LogP contribution in [0.4, 0.5) is 0 Å². The second kappa shape index (κ2) is 5.43. The maximum Gasteiger partial charge on any atom is 0.222 e. The molecule has 0 aromatic carbocycles. The summed E-state index contributed by atoms with van der Waals surface area (Å²) in [5.41, 5.74) is 1.38. The average molecular weight is 263 g/mol. The molecule has 3 heteroatoms. The van der Waals surface area contributed by atoms with Crippen LogP contribution in [-0.2, 0) is 17.8 Å². The van der Waals surface area contributed by atoms with Gasteiger partial charge in [-0.1, -0.05) is 25.7 Å². The highest BCUT2D eigenvalue weighted by atomic mass is 32.1. The molecule has 2 nitrogen and oxygen atoms in total. The maximum absolute atomic E-state index is 12.2. The van der Waals surface area contributed by atoms with Crippen molar-refractivity contribution in [3.8, 4) is 0 Å². The predicted molar refractivity (Wildman–Crippen MR) is 74.6 cm³/mol. The molecule has 0 unspecified atom stereocenters. The lowest BCUT2D eigenvalue weighted by atomic mass is 10.0. The maximum atomic E-state index is 12.2. The standard InChI is InChI=1S/C15H21NOS/c17-15(6-5-12-3-1-2-4-12)16-9-7-14-13(11-16)8-10-18-14/h8,10,12H,1-7,9,11H2. The van der Waals surface area contributed by atoms with E-state index in [1.54, 1.807) is 0 Å². The summed E-state index contributed by atoms with van der Waals surface area (Å²) in [5.74, 6) is 1.20. The van der Waals surface area contributed by atoms with Crippen molar-refractivity contribution < 1.29 is 4.79 Å². The van der Waals surface area contributed by atoms with Gasteiger partial charge in [0.15, 0.2) is 0 Å². The molecule has 3 rings (SSSR count). The first-order chi connectivity index (χ1) is 8.83. The van der Waals surface area contributed by atoms with Gasteiger partial charge in [-0.3, -0.25) is 4.79 Å². The highest BCUT2D eigenvalue weighted by Gasteiger charge is 2.22. The number of carbonyl (C=O) groups excluding carboxylic acids is 1. The van der Waals surface area contributed by atoms with E-state index in [1.807, 2.05) is 11.3 Å². The van der Waals surface area contributed by atoms with Crippen molar-refractivity contribution in [1.82, 2.24) is 4.90 Å². The molecule has 0 saturated heterocycles. The van der Waals surface area contributed by atoms with Crippen molar-refractivity contribution in [1.29, 1.82) is 0 Å². The van der Waals surface area contributed by atoms with Crippen LogP contribution in [0.1, 0.15) is 49.0 Å². The molecule has 98 valence electrons. The molecule has 1 aromatic rings. The number of hydrogen-bond acceptors (Lipinski definition) is 2. The second-order valence-corrected chi connectivity index (χ2v) is 6.62. The Morgan fingerprint density at radius 2 is 2.22 bits per heavy atom. The number of hydrogen-bond donors (Lipinski definition) is 0. The molecule has 0 bridgehead atoms. The Labute approximate surface area is 113 Å². The summed E-state index contributed by atoms with van der Waals surface area (Å²) in [7, 11) is 0. The van der Waals surface area contributed by atoms with Crippen molar-refractivity contribution in [3.05, 3.63) is 21.9 Å². The normalized spacial score (nSPS) is 20.1. The molecule has 1 aliphatic carbocycles. The van der Waals surface area contributed by atoms with Gasteiger partial charge in [-0.25, -0.2) is 0 Å². The van der Waals surface area contributed by atoms with Crippen LogP contribution >= 0.6 is 11.3 Å². The van der Waals surface area contributed by atoms with E-state index in [9.17, 15) is 4.79 Å². The highest BCUT2D eigenvalue weighted by Crippen LogP contribution is 2.29. The van der Waals surface area contributed by atoms with Gasteiger partial charge in [0, 0.05) is 24.4 Å². The summed E-state index contributed by atoms with van der Waals surface area (Å²) < 4.78 is 0. The molecule has 18 heavy (non-hydrogen) atoms. The minimum atomic E-state index is 0.374. The number of carbonyl (C=O) groups is 1. The molecule has 0 atom stereocenters. The Morgan fingerprint density at radius 3 is 3.06 bits per heavy atom. The van der Waals surface area contributed by atoms with Crippen LogP contribution in [0.2, 0.25) is 0 Å². The average Bonchev–Trinajstić information content (AvgIpc) is 3.05.